The number of rotatable bonds is 0. The van der Waals surface area contributed by atoms with Crippen LogP contribution in [0.5, 0.6) is 5.75 Å². The van der Waals surface area contributed by atoms with Crippen molar-refractivity contribution in [2.45, 2.75) is 18.7 Å². The maximum absolute atomic E-state index is 6.17. The highest BCUT2D eigenvalue weighted by Gasteiger charge is 2.20. The zero-order chi connectivity index (χ0) is 8.55. The van der Waals surface area contributed by atoms with Crippen molar-refractivity contribution < 1.29 is 4.74 Å². The van der Waals surface area contributed by atoms with Crippen LogP contribution in [0.1, 0.15) is 22.9 Å². The highest BCUT2D eigenvalue weighted by molar-refractivity contribution is 6.21. The molecule has 0 aliphatic carbocycles. The third-order valence-corrected chi connectivity index (χ3v) is 2.66. The van der Waals surface area contributed by atoms with E-state index in [4.69, 9.17) is 16.3 Å². The molecule has 1 aliphatic rings. The van der Waals surface area contributed by atoms with E-state index in [0.717, 1.165) is 18.8 Å². The standard InChI is InChI=1S/C10H11ClO/c1-7-3-2-4-9-10(7)8(11)5-6-12-9/h2-4,8H,5-6H2,1H3/t8-/m1/s1. The summed E-state index contributed by atoms with van der Waals surface area (Å²) in [5, 5.41) is 0.134. The fourth-order valence-electron chi connectivity index (χ4n) is 1.60. The van der Waals surface area contributed by atoms with Gasteiger partial charge < -0.3 is 4.74 Å². The number of benzene rings is 1. The Balaban J connectivity index is 2.53. The van der Waals surface area contributed by atoms with Gasteiger partial charge in [-0.1, -0.05) is 12.1 Å². The smallest absolute Gasteiger partial charge is 0.124 e. The lowest BCUT2D eigenvalue weighted by Crippen LogP contribution is -2.11. The van der Waals surface area contributed by atoms with Crippen molar-refractivity contribution in [1.29, 1.82) is 0 Å². The Kier molecular flexibility index (Phi) is 1.97. The van der Waals surface area contributed by atoms with Gasteiger partial charge in [0.2, 0.25) is 0 Å². The Bertz CT molecular complexity index is 296. The molecule has 0 saturated heterocycles. The molecule has 1 aromatic carbocycles. The van der Waals surface area contributed by atoms with Crippen molar-refractivity contribution in [2.24, 2.45) is 0 Å². The molecule has 1 aromatic rings. The largest absolute Gasteiger partial charge is 0.493 e. The molecule has 1 heterocycles. The van der Waals surface area contributed by atoms with Crippen LogP contribution in [0, 0.1) is 6.92 Å². The van der Waals surface area contributed by atoms with Gasteiger partial charge in [0.1, 0.15) is 5.75 Å². The van der Waals surface area contributed by atoms with Gasteiger partial charge in [0.05, 0.1) is 12.0 Å². The predicted molar refractivity (Wildman–Crippen MR) is 49.9 cm³/mol. The number of halogens is 1. The molecular weight excluding hydrogens is 172 g/mol. The first-order chi connectivity index (χ1) is 5.79. The molecule has 0 N–H and O–H groups in total. The van der Waals surface area contributed by atoms with Crippen LogP contribution >= 0.6 is 11.6 Å². The summed E-state index contributed by atoms with van der Waals surface area (Å²) in [5.41, 5.74) is 2.40. The third-order valence-electron chi connectivity index (χ3n) is 2.23. The Hall–Kier alpha value is -0.690. The highest BCUT2D eigenvalue weighted by atomic mass is 35.5. The minimum Gasteiger partial charge on any atom is -0.493 e. The van der Waals surface area contributed by atoms with Crippen LogP contribution in [-0.4, -0.2) is 6.61 Å². The number of ether oxygens (including phenoxy) is 1. The summed E-state index contributed by atoms with van der Waals surface area (Å²) in [7, 11) is 0. The Morgan fingerprint density at radius 3 is 3.08 bits per heavy atom. The molecule has 0 amide bonds. The van der Waals surface area contributed by atoms with Gasteiger partial charge in [0, 0.05) is 12.0 Å². The lowest BCUT2D eigenvalue weighted by atomic mass is 10.0. The van der Waals surface area contributed by atoms with Gasteiger partial charge in [-0.2, -0.15) is 0 Å². The van der Waals surface area contributed by atoms with E-state index < -0.39 is 0 Å². The maximum atomic E-state index is 6.17. The number of fused-ring (bicyclic) bond motifs is 1. The number of aryl methyl sites for hydroxylation is 1. The van der Waals surface area contributed by atoms with E-state index in [1.165, 1.54) is 11.1 Å². The second-order valence-corrected chi connectivity index (χ2v) is 3.62. The average Bonchev–Trinajstić information content (AvgIpc) is 2.04. The molecule has 1 aliphatic heterocycles. The van der Waals surface area contributed by atoms with Crippen LogP contribution in [0.25, 0.3) is 0 Å². The highest BCUT2D eigenvalue weighted by Crippen LogP contribution is 2.37. The van der Waals surface area contributed by atoms with Crippen molar-refractivity contribution in [3.63, 3.8) is 0 Å². The summed E-state index contributed by atoms with van der Waals surface area (Å²) in [6.45, 7) is 2.81. The third kappa shape index (κ3) is 1.18. The zero-order valence-electron chi connectivity index (χ0n) is 7.01. The summed E-state index contributed by atoms with van der Waals surface area (Å²) in [6, 6.07) is 6.06. The fraction of sp³-hybridized carbons (Fsp3) is 0.400. The molecule has 64 valence electrons. The van der Waals surface area contributed by atoms with Crippen molar-refractivity contribution in [2.75, 3.05) is 6.61 Å². The van der Waals surface area contributed by atoms with E-state index in [2.05, 4.69) is 13.0 Å². The molecule has 0 fully saturated rings. The number of alkyl halides is 1. The first-order valence-electron chi connectivity index (χ1n) is 4.15. The second-order valence-electron chi connectivity index (χ2n) is 3.09. The molecule has 0 bridgehead atoms. The second kappa shape index (κ2) is 2.98. The van der Waals surface area contributed by atoms with E-state index in [-0.39, 0.29) is 5.38 Å². The lowest BCUT2D eigenvalue weighted by Gasteiger charge is -2.22. The first-order valence-corrected chi connectivity index (χ1v) is 4.59. The van der Waals surface area contributed by atoms with E-state index in [9.17, 15) is 0 Å². The minimum absolute atomic E-state index is 0.134. The number of hydrogen-bond acceptors (Lipinski definition) is 1. The van der Waals surface area contributed by atoms with Crippen LogP contribution in [0.3, 0.4) is 0 Å². The zero-order valence-corrected chi connectivity index (χ0v) is 7.77. The number of hydrogen-bond donors (Lipinski definition) is 0. The van der Waals surface area contributed by atoms with Gasteiger partial charge >= 0.3 is 0 Å². The van der Waals surface area contributed by atoms with Crippen LogP contribution in [0.15, 0.2) is 18.2 Å². The van der Waals surface area contributed by atoms with E-state index in [1.807, 2.05) is 12.1 Å². The molecule has 0 radical (unpaired) electrons. The van der Waals surface area contributed by atoms with Gasteiger partial charge in [0.25, 0.3) is 0 Å². The molecule has 0 unspecified atom stereocenters. The molecule has 0 saturated carbocycles. The minimum atomic E-state index is 0.134. The summed E-state index contributed by atoms with van der Waals surface area (Å²) >= 11 is 6.17. The van der Waals surface area contributed by atoms with Gasteiger partial charge in [-0.25, -0.2) is 0 Å². The van der Waals surface area contributed by atoms with Crippen LogP contribution < -0.4 is 4.74 Å². The molecule has 2 heteroatoms. The van der Waals surface area contributed by atoms with E-state index >= 15 is 0 Å². The fourth-order valence-corrected chi connectivity index (χ4v) is 1.97. The molecule has 0 aromatic heterocycles. The normalized spacial score (nSPS) is 21.3. The molecule has 12 heavy (non-hydrogen) atoms. The van der Waals surface area contributed by atoms with Crippen molar-refractivity contribution in [3.05, 3.63) is 29.3 Å². The van der Waals surface area contributed by atoms with Gasteiger partial charge in [0.15, 0.2) is 0 Å². The van der Waals surface area contributed by atoms with Crippen molar-refractivity contribution in [1.82, 2.24) is 0 Å². The van der Waals surface area contributed by atoms with E-state index in [1.54, 1.807) is 0 Å². The summed E-state index contributed by atoms with van der Waals surface area (Å²) in [4.78, 5) is 0. The van der Waals surface area contributed by atoms with Crippen molar-refractivity contribution in [3.8, 4) is 5.75 Å². The van der Waals surface area contributed by atoms with Crippen molar-refractivity contribution >= 4 is 11.6 Å². The first kappa shape index (κ1) is 7.93. The Morgan fingerprint density at radius 1 is 1.50 bits per heavy atom. The van der Waals surface area contributed by atoms with Gasteiger partial charge in [-0.05, 0) is 18.6 Å². The topological polar surface area (TPSA) is 9.23 Å². The molecule has 1 nitrogen and oxygen atoms in total. The lowest BCUT2D eigenvalue weighted by molar-refractivity contribution is 0.284. The average molecular weight is 183 g/mol. The summed E-state index contributed by atoms with van der Waals surface area (Å²) in [6.07, 6.45) is 0.916. The molecule has 2 rings (SSSR count). The van der Waals surface area contributed by atoms with Gasteiger partial charge in [-0.3, -0.25) is 0 Å². The molecular formula is C10H11ClO. The predicted octanol–water partition coefficient (Wildman–Crippen LogP) is 3.06. The molecule has 1 atom stereocenters. The van der Waals surface area contributed by atoms with Crippen LogP contribution in [0.4, 0.5) is 0 Å². The van der Waals surface area contributed by atoms with Crippen LogP contribution in [-0.2, 0) is 0 Å². The van der Waals surface area contributed by atoms with Gasteiger partial charge in [-0.15, -0.1) is 11.6 Å². The van der Waals surface area contributed by atoms with E-state index in [0.29, 0.717) is 0 Å². The SMILES string of the molecule is Cc1cccc2c1[C@H](Cl)CCO2. The van der Waals surface area contributed by atoms with Crippen LogP contribution in [0.2, 0.25) is 0 Å². The quantitative estimate of drug-likeness (QED) is 0.561. The summed E-state index contributed by atoms with van der Waals surface area (Å²) < 4.78 is 5.49. The summed E-state index contributed by atoms with van der Waals surface area (Å²) in [5.74, 6) is 0.959. The molecule has 0 spiro atoms. The maximum Gasteiger partial charge on any atom is 0.124 e. The Morgan fingerprint density at radius 2 is 2.33 bits per heavy atom. The Labute approximate surface area is 77.3 Å². The monoisotopic (exact) mass is 182 g/mol.